The number of aryl methyl sites for hydroxylation is 1. The molecule has 0 fully saturated rings. The maximum Gasteiger partial charge on any atom is 0.296 e. The van der Waals surface area contributed by atoms with Crippen molar-refractivity contribution >= 4 is 48.5 Å². The fraction of sp³-hybridized carbons (Fsp3) is 0.250. The number of carbonyl (C=O) groups is 1. The van der Waals surface area contributed by atoms with Gasteiger partial charge in [-0.25, -0.2) is 4.98 Å². The van der Waals surface area contributed by atoms with Crippen molar-refractivity contribution in [2.75, 3.05) is 25.2 Å². The normalized spacial score (nSPS) is 11.1. The van der Waals surface area contributed by atoms with E-state index in [9.17, 15) is 4.79 Å². The number of halogens is 1. The van der Waals surface area contributed by atoms with Gasteiger partial charge in [-0.2, -0.15) is 0 Å². The van der Waals surface area contributed by atoms with Gasteiger partial charge in [0.2, 0.25) is 0 Å². The molecule has 0 radical (unpaired) electrons. The average Bonchev–Trinajstić information content (AvgIpc) is 3.10. The Morgan fingerprint density at radius 2 is 2.22 bits per heavy atom. The number of hydrogen-bond acceptors (Lipinski definition) is 5. The topological polar surface area (TPSA) is 55.6 Å². The number of carbonyl (C=O) groups excluding carboxylic acids is 1. The van der Waals surface area contributed by atoms with Crippen LogP contribution >= 0.6 is 27.3 Å². The van der Waals surface area contributed by atoms with E-state index in [1.807, 2.05) is 31.2 Å². The molecule has 2 aromatic heterocycles. The third-order valence-corrected chi connectivity index (χ3v) is 4.81. The summed E-state index contributed by atoms with van der Waals surface area (Å²) in [5, 5.41) is 0.639. The summed E-state index contributed by atoms with van der Waals surface area (Å²) < 4.78 is 12.2. The van der Waals surface area contributed by atoms with Crippen molar-refractivity contribution in [1.29, 1.82) is 0 Å². The van der Waals surface area contributed by atoms with E-state index in [0.717, 1.165) is 15.8 Å². The number of ether oxygens (including phenoxy) is 1. The van der Waals surface area contributed by atoms with Crippen molar-refractivity contribution in [3.05, 3.63) is 46.3 Å². The van der Waals surface area contributed by atoms with E-state index < -0.39 is 0 Å². The number of para-hydroxylation sites is 1. The van der Waals surface area contributed by atoms with Crippen LogP contribution in [0.15, 0.2) is 39.4 Å². The number of thiazole rings is 1. The fourth-order valence-electron chi connectivity index (χ4n) is 2.22. The summed E-state index contributed by atoms with van der Waals surface area (Å²) in [5.41, 5.74) is 1.66. The van der Waals surface area contributed by atoms with Crippen molar-refractivity contribution < 1.29 is 13.9 Å². The van der Waals surface area contributed by atoms with Gasteiger partial charge in [-0.3, -0.25) is 9.69 Å². The minimum absolute atomic E-state index is 0.218. The lowest BCUT2D eigenvalue weighted by Crippen LogP contribution is -2.34. The van der Waals surface area contributed by atoms with E-state index in [0.29, 0.717) is 28.7 Å². The molecule has 0 saturated carbocycles. The SMILES string of the molecule is COCCN(C(=O)c1oc(Br)cc1C)c1nc2ccccc2s1. The monoisotopic (exact) mass is 394 g/mol. The highest BCUT2D eigenvalue weighted by Gasteiger charge is 2.25. The minimum Gasteiger partial charge on any atom is -0.444 e. The van der Waals surface area contributed by atoms with Crippen LogP contribution in [-0.4, -0.2) is 31.2 Å². The van der Waals surface area contributed by atoms with E-state index in [1.54, 1.807) is 18.1 Å². The minimum atomic E-state index is -0.218. The Labute approximate surface area is 146 Å². The second-order valence-electron chi connectivity index (χ2n) is 4.98. The first-order chi connectivity index (χ1) is 11.1. The molecule has 0 bridgehead atoms. The highest BCUT2D eigenvalue weighted by atomic mass is 79.9. The van der Waals surface area contributed by atoms with Crippen LogP contribution in [0.5, 0.6) is 0 Å². The summed E-state index contributed by atoms with van der Waals surface area (Å²) in [6, 6.07) is 9.59. The molecular formula is C16H15BrN2O3S. The average molecular weight is 395 g/mol. The molecule has 1 amide bonds. The van der Waals surface area contributed by atoms with Gasteiger partial charge in [0.05, 0.1) is 23.4 Å². The van der Waals surface area contributed by atoms with E-state index in [1.165, 1.54) is 11.3 Å². The summed E-state index contributed by atoms with van der Waals surface area (Å²) in [6.07, 6.45) is 0. The first-order valence-electron chi connectivity index (χ1n) is 7.02. The Balaban J connectivity index is 1.99. The molecule has 3 rings (SSSR count). The molecule has 0 aliphatic heterocycles. The van der Waals surface area contributed by atoms with Gasteiger partial charge in [0.25, 0.3) is 5.91 Å². The Bertz CT molecular complexity index is 810. The Kier molecular flexibility index (Phi) is 4.79. The van der Waals surface area contributed by atoms with Crippen LogP contribution in [0.1, 0.15) is 16.1 Å². The van der Waals surface area contributed by atoms with E-state index >= 15 is 0 Å². The zero-order valence-electron chi connectivity index (χ0n) is 12.7. The highest BCUT2D eigenvalue weighted by Crippen LogP contribution is 2.30. The zero-order chi connectivity index (χ0) is 16.4. The molecule has 0 aliphatic carbocycles. The molecule has 0 aliphatic rings. The lowest BCUT2D eigenvalue weighted by Gasteiger charge is -2.18. The Morgan fingerprint density at radius 1 is 1.43 bits per heavy atom. The van der Waals surface area contributed by atoms with Crippen molar-refractivity contribution in [2.45, 2.75) is 6.92 Å². The van der Waals surface area contributed by atoms with E-state index in [4.69, 9.17) is 9.15 Å². The molecule has 0 N–H and O–H groups in total. The number of benzene rings is 1. The van der Waals surface area contributed by atoms with Gasteiger partial charge >= 0.3 is 0 Å². The number of aromatic nitrogens is 1. The lowest BCUT2D eigenvalue weighted by atomic mass is 10.2. The van der Waals surface area contributed by atoms with Crippen LogP contribution in [0, 0.1) is 6.92 Å². The van der Waals surface area contributed by atoms with Crippen LogP contribution < -0.4 is 4.90 Å². The van der Waals surface area contributed by atoms with Gasteiger partial charge in [-0.15, -0.1) is 0 Å². The van der Waals surface area contributed by atoms with Crippen molar-refractivity contribution in [2.24, 2.45) is 0 Å². The summed E-state index contributed by atoms with van der Waals surface area (Å²) in [7, 11) is 1.61. The predicted octanol–water partition coefficient (Wildman–Crippen LogP) is 4.25. The molecule has 2 heterocycles. The van der Waals surface area contributed by atoms with Crippen LogP contribution in [0.25, 0.3) is 10.2 Å². The van der Waals surface area contributed by atoms with Crippen molar-refractivity contribution in [3.63, 3.8) is 0 Å². The number of methoxy groups -OCH3 is 1. The molecule has 0 saturated heterocycles. The molecule has 3 aromatic rings. The van der Waals surface area contributed by atoms with Crippen molar-refractivity contribution in [3.8, 4) is 0 Å². The summed E-state index contributed by atoms with van der Waals surface area (Å²) in [6.45, 7) is 2.67. The summed E-state index contributed by atoms with van der Waals surface area (Å²) in [4.78, 5) is 19.1. The van der Waals surface area contributed by atoms with Gasteiger partial charge in [-0.05, 0) is 41.1 Å². The van der Waals surface area contributed by atoms with E-state index in [2.05, 4.69) is 20.9 Å². The summed E-state index contributed by atoms with van der Waals surface area (Å²) >= 11 is 4.74. The summed E-state index contributed by atoms with van der Waals surface area (Å²) in [5.74, 6) is 0.0940. The Hall–Kier alpha value is -1.70. The maximum atomic E-state index is 12.9. The number of nitrogens with zero attached hydrogens (tertiary/aromatic N) is 2. The van der Waals surface area contributed by atoms with Gasteiger partial charge in [0.1, 0.15) is 0 Å². The maximum absolute atomic E-state index is 12.9. The van der Waals surface area contributed by atoms with Crippen molar-refractivity contribution in [1.82, 2.24) is 4.98 Å². The molecule has 7 heteroatoms. The molecule has 1 aromatic carbocycles. The molecule has 5 nitrogen and oxygen atoms in total. The third kappa shape index (κ3) is 3.31. The predicted molar refractivity (Wildman–Crippen MR) is 94.3 cm³/mol. The van der Waals surface area contributed by atoms with Crippen LogP contribution in [0.2, 0.25) is 0 Å². The number of amides is 1. The van der Waals surface area contributed by atoms with Gasteiger partial charge in [-0.1, -0.05) is 23.5 Å². The standard InChI is InChI=1S/C16H15BrN2O3S/c1-10-9-13(17)22-14(10)15(20)19(7-8-21-2)16-18-11-5-3-4-6-12(11)23-16/h3-6,9H,7-8H2,1-2H3. The molecule has 0 unspecified atom stereocenters. The second kappa shape index (κ2) is 6.82. The first-order valence-corrected chi connectivity index (χ1v) is 8.63. The van der Waals surface area contributed by atoms with Crippen LogP contribution in [0.4, 0.5) is 5.13 Å². The second-order valence-corrected chi connectivity index (χ2v) is 6.77. The number of fused-ring (bicyclic) bond motifs is 1. The van der Waals surface area contributed by atoms with Crippen LogP contribution in [0.3, 0.4) is 0 Å². The molecular weight excluding hydrogens is 380 g/mol. The smallest absolute Gasteiger partial charge is 0.296 e. The van der Waals surface area contributed by atoms with Crippen LogP contribution in [-0.2, 0) is 4.74 Å². The lowest BCUT2D eigenvalue weighted by molar-refractivity contribution is 0.0947. The number of anilines is 1. The van der Waals surface area contributed by atoms with Gasteiger partial charge < -0.3 is 9.15 Å². The highest BCUT2D eigenvalue weighted by molar-refractivity contribution is 9.10. The largest absolute Gasteiger partial charge is 0.444 e. The number of hydrogen-bond donors (Lipinski definition) is 0. The quantitative estimate of drug-likeness (QED) is 0.648. The van der Waals surface area contributed by atoms with Gasteiger partial charge in [0.15, 0.2) is 15.6 Å². The molecule has 0 spiro atoms. The number of furan rings is 1. The number of rotatable bonds is 5. The fourth-order valence-corrected chi connectivity index (χ4v) is 3.72. The molecule has 120 valence electrons. The molecule has 23 heavy (non-hydrogen) atoms. The Morgan fingerprint density at radius 3 is 2.87 bits per heavy atom. The molecule has 0 atom stereocenters. The first kappa shape index (κ1) is 16.2. The van der Waals surface area contributed by atoms with Gasteiger partial charge in [0, 0.05) is 12.7 Å². The zero-order valence-corrected chi connectivity index (χ0v) is 15.1. The third-order valence-electron chi connectivity index (χ3n) is 3.36. The van der Waals surface area contributed by atoms with E-state index in [-0.39, 0.29) is 5.91 Å².